The zero-order valence-electron chi connectivity index (χ0n) is 19.4. The molecule has 0 unspecified atom stereocenters. The van der Waals surface area contributed by atoms with Gasteiger partial charge >= 0.3 is 13.6 Å². The van der Waals surface area contributed by atoms with Gasteiger partial charge in [0, 0.05) is 6.42 Å². The van der Waals surface area contributed by atoms with Crippen LogP contribution in [0.2, 0.25) is 18.1 Å². The van der Waals surface area contributed by atoms with Crippen LogP contribution in [0.3, 0.4) is 0 Å². The van der Waals surface area contributed by atoms with Crippen LogP contribution >= 0.6 is 7.60 Å². The van der Waals surface area contributed by atoms with Gasteiger partial charge in [0.2, 0.25) is 0 Å². The molecule has 0 N–H and O–H groups in total. The fourth-order valence-electron chi connectivity index (χ4n) is 2.14. The van der Waals surface area contributed by atoms with E-state index >= 15 is 0 Å². The predicted molar refractivity (Wildman–Crippen MR) is 121 cm³/mol. The number of ether oxygens (including phenoxy) is 1. The van der Waals surface area contributed by atoms with Gasteiger partial charge in [-0.1, -0.05) is 38.7 Å². The van der Waals surface area contributed by atoms with Gasteiger partial charge in [-0.25, -0.2) is 0 Å². The molecule has 168 valence electrons. The number of hydrogen-bond donors (Lipinski definition) is 0. The van der Waals surface area contributed by atoms with Crippen LogP contribution in [-0.4, -0.2) is 46.9 Å². The number of esters is 1. The van der Waals surface area contributed by atoms with Crippen molar-refractivity contribution in [3.05, 3.63) is 12.2 Å². The maximum Gasteiger partial charge on any atom is 0.334 e. The van der Waals surface area contributed by atoms with Crippen molar-refractivity contribution >= 4 is 21.9 Å². The fourth-order valence-corrected chi connectivity index (χ4v) is 4.82. The SMILES string of the molecule is CCOP(=O)(CC=CC#C[C@H](CCCC(=O)OC)O[Si](C)(C)C(C)(C)C)OCC. The Kier molecular flexibility index (Phi) is 13.0. The van der Waals surface area contributed by atoms with Crippen molar-refractivity contribution in [3.8, 4) is 11.8 Å². The maximum absolute atomic E-state index is 12.4. The van der Waals surface area contributed by atoms with Crippen molar-refractivity contribution in [2.75, 3.05) is 26.5 Å². The summed E-state index contributed by atoms with van der Waals surface area (Å²) in [5, 5.41) is 0.0622. The summed E-state index contributed by atoms with van der Waals surface area (Å²) in [6, 6.07) is 0. The van der Waals surface area contributed by atoms with Gasteiger partial charge in [-0.05, 0) is 50.9 Å². The minimum atomic E-state index is -3.10. The summed E-state index contributed by atoms with van der Waals surface area (Å²) in [5.74, 6) is 5.90. The quantitative estimate of drug-likeness (QED) is 0.169. The van der Waals surface area contributed by atoms with Crippen LogP contribution < -0.4 is 0 Å². The van der Waals surface area contributed by atoms with Gasteiger partial charge in [-0.15, -0.1) is 0 Å². The molecule has 0 radical (unpaired) electrons. The van der Waals surface area contributed by atoms with Crippen molar-refractivity contribution in [2.45, 2.75) is 78.1 Å². The fraction of sp³-hybridized carbons (Fsp3) is 0.762. The first kappa shape index (κ1) is 28.1. The van der Waals surface area contributed by atoms with Crippen LogP contribution in [0.5, 0.6) is 0 Å². The first-order chi connectivity index (χ1) is 13.4. The minimum Gasteiger partial charge on any atom is -0.469 e. The monoisotopic (exact) mass is 446 g/mol. The van der Waals surface area contributed by atoms with Gasteiger partial charge in [0.1, 0.15) is 6.10 Å². The van der Waals surface area contributed by atoms with Crippen molar-refractivity contribution in [1.29, 1.82) is 0 Å². The summed E-state index contributed by atoms with van der Waals surface area (Å²) in [7, 11) is -3.71. The molecule has 0 spiro atoms. The molecular formula is C21H39O6PSi. The van der Waals surface area contributed by atoms with E-state index in [1.54, 1.807) is 26.0 Å². The predicted octanol–water partition coefficient (Wildman–Crippen LogP) is 5.55. The number of methoxy groups -OCH3 is 1. The molecule has 0 saturated carbocycles. The Labute approximate surface area is 178 Å². The Morgan fingerprint density at radius 2 is 1.76 bits per heavy atom. The molecule has 0 heterocycles. The molecule has 0 aliphatic rings. The zero-order valence-corrected chi connectivity index (χ0v) is 21.3. The van der Waals surface area contributed by atoms with Gasteiger partial charge in [-0.2, -0.15) is 0 Å². The summed E-state index contributed by atoms with van der Waals surface area (Å²) in [6.07, 6.45) is 4.92. The van der Waals surface area contributed by atoms with E-state index < -0.39 is 15.9 Å². The molecule has 29 heavy (non-hydrogen) atoms. The van der Waals surface area contributed by atoms with E-state index in [1.165, 1.54) is 7.11 Å². The summed E-state index contributed by atoms with van der Waals surface area (Å²) >= 11 is 0. The lowest BCUT2D eigenvalue weighted by atomic mass is 10.1. The Bertz CT molecular complexity index is 617. The average Bonchev–Trinajstić information content (AvgIpc) is 2.60. The lowest BCUT2D eigenvalue weighted by molar-refractivity contribution is -0.140. The average molecular weight is 447 g/mol. The van der Waals surface area contributed by atoms with E-state index in [1.807, 2.05) is 0 Å². The highest BCUT2D eigenvalue weighted by Gasteiger charge is 2.38. The molecule has 0 aliphatic heterocycles. The van der Waals surface area contributed by atoms with E-state index in [2.05, 4.69) is 45.7 Å². The van der Waals surface area contributed by atoms with E-state index in [-0.39, 0.29) is 23.3 Å². The normalized spacial score (nSPS) is 13.8. The molecule has 6 nitrogen and oxygen atoms in total. The zero-order chi connectivity index (χ0) is 22.6. The summed E-state index contributed by atoms with van der Waals surface area (Å²) in [5.41, 5.74) is 0. The molecule has 0 saturated heterocycles. The Morgan fingerprint density at radius 1 is 1.17 bits per heavy atom. The second-order valence-corrected chi connectivity index (χ2v) is 15.0. The molecule has 0 fully saturated rings. The molecule has 0 bridgehead atoms. The summed E-state index contributed by atoms with van der Waals surface area (Å²) < 4.78 is 34.1. The maximum atomic E-state index is 12.4. The van der Waals surface area contributed by atoms with Crippen molar-refractivity contribution in [2.24, 2.45) is 0 Å². The Morgan fingerprint density at radius 3 is 2.24 bits per heavy atom. The second-order valence-electron chi connectivity index (χ2n) is 8.16. The standard InChI is InChI=1S/C21H39O6PSi/c1-9-25-28(23,26-10-2)18-13-11-12-15-19(16-14-17-20(22)24-6)27-29(7,8)21(3,4)5/h11,13,19H,9-10,14,16-18H2,1-8H3/t19-/m1/s1. The number of carbonyl (C=O) groups is 1. The van der Waals surface area contributed by atoms with Gasteiger partial charge < -0.3 is 18.2 Å². The van der Waals surface area contributed by atoms with Crippen LogP contribution in [0.25, 0.3) is 0 Å². The van der Waals surface area contributed by atoms with Gasteiger partial charge in [0.15, 0.2) is 8.32 Å². The number of hydrogen-bond acceptors (Lipinski definition) is 6. The Hall–Kier alpha value is -0.903. The Balaban J connectivity index is 5.11. The lowest BCUT2D eigenvalue weighted by Crippen LogP contribution is -2.43. The molecule has 0 aromatic rings. The molecule has 0 rings (SSSR count). The van der Waals surface area contributed by atoms with E-state index in [4.69, 9.17) is 18.2 Å². The van der Waals surface area contributed by atoms with E-state index in [9.17, 15) is 9.36 Å². The molecule has 0 aromatic heterocycles. The molecular weight excluding hydrogens is 407 g/mol. The van der Waals surface area contributed by atoms with Crippen molar-refractivity contribution in [1.82, 2.24) is 0 Å². The number of carbonyl (C=O) groups excluding carboxylic acids is 1. The third-order valence-electron chi connectivity index (χ3n) is 4.74. The number of rotatable bonds is 12. The largest absolute Gasteiger partial charge is 0.469 e. The molecule has 0 aromatic carbocycles. The number of allylic oxidation sites excluding steroid dienone is 2. The topological polar surface area (TPSA) is 71.1 Å². The van der Waals surface area contributed by atoms with Crippen LogP contribution in [0.15, 0.2) is 12.2 Å². The van der Waals surface area contributed by atoms with Crippen LogP contribution in [0.4, 0.5) is 0 Å². The van der Waals surface area contributed by atoms with Crippen LogP contribution in [-0.2, 0) is 27.6 Å². The first-order valence-electron chi connectivity index (χ1n) is 10.2. The third-order valence-corrected chi connectivity index (χ3v) is 11.2. The van der Waals surface area contributed by atoms with E-state index in [0.717, 1.165) is 0 Å². The molecule has 0 amide bonds. The van der Waals surface area contributed by atoms with E-state index in [0.29, 0.717) is 32.5 Å². The third kappa shape index (κ3) is 11.8. The van der Waals surface area contributed by atoms with Gasteiger partial charge in [0.25, 0.3) is 0 Å². The van der Waals surface area contributed by atoms with Gasteiger partial charge in [-0.3, -0.25) is 9.36 Å². The summed E-state index contributed by atoms with van der Waals surface area (Å²) in [6.45, 7) is 15.1. The van der Waals surface area contributed by atoms with Crippen molar-refractivity contribution in [3.63, 3.8) is 0 Å². The highest BCUT2D eigenvalue weighted by molar-refractivity contribution is 7.54. The van der Waals surface area contributed by atoms with Crippen LogP contribution in [0.1, 0.15) is 53.9 Å². The highest BCUT2D eigenvalue weighted by Crippen LogP contribution is 2.47. The second kappa shape index (κ2) is 13.4. The molecule has 0 aliphatic carbocycles. The minimum absolute atomic E-state index is 0.0622. The van der Waals surface area contributed by atoms with Crippen molar-refractivity contribution < 1.29 is 27.6 Å². The lowest BCUT2D eigenvalue weighted by Gasteiger charge is -2.38. The highest BCUT2D eigenvalue weighted by atomic mass is 31.2. The smallest absolute Gasteiger partial charge is 0.334 e. The van der Waals surface area contributed by atoms with Crippen LogP contribution in [0, 0.1) is 11.8 Å². The molecule has 1 atom stereocenters. The molecule has 8 heteroatoms. The summed E-state index contributed by atoms with van der Waals surface area (Å²) in [4.78, 5) is 11.4. The first-order valence-corrected chi connectivity index (χ1v) is 14.8. The van der Waals surface area contributed by atoms with Gasteiger partial charge in [0.05, 0.1) is 26.5 Å².